The van der Waals surface area contributed by atoms with Crippen molar-refractivity contribution in [1.82, 2.24) is 19.9 Å². The zero-order valence-electron chi connectivity index (χ0n) is 17.5. The molecule has 3 heterocycles. The van der Waals surface area contributed by atoms with Crippen molar-refractivity contribution in [3.8, 4) is 17.3 Å². The number of carbonyl (C=O) groups excluding carboxylic acids is 1. The van der Waals surface area contributed by atoms with Crippen LogP contribution < -0.4 is 4.74 Å². The van der Waals surface area contributed by atoms with Gasteiger partial charge in [-0.1, -0.05) is 24.6 Å². The molecule has 1 aliphatic heterocycles. The predicted molar refractivity (Wildman–Crippen MR) is 113 cm³/mol. The van der Waals surface area contributed by atoms with E-state index in [1.165, 1.54) is 12.1 Å². The second-order valence-electron chi connectivity index (χ2n) is 8.18. The summed E-state index contributed by atoms with van der Waals surface area (Å²) in [6.45, 7) is 4.04. The van der Waals surface area contributed by atoms with E-state index in [1.807, 2.05) is 30.0 Å². The first-order valence-corrected chi connectivity index (χ1v) is 10.6. The van der Waals surface area contributed by atoms with Gasteiger partial charge in [0.15, 0.2) is 11.5 Å². The van der Waals surface area contributed by atoms with Crippen molar-refractivity contribution >= 4 is 5.91 Å². The molecule has 0 radical (unpaired) electrons. The molecule has 3 aromatic rings. The molecule has 1 amide bonds. The van der Waals surface area contributed by atoms with Crippen LogP contribution in [0, 0.1) is 18.7 Å². The molecule has 5 rings (SSSR count). The summed E-state index contributed by atoms with van der Waals surface area (Å²) in [5.74, 6) is 0.565. The Morgan fingerprint density at radius 2 is 2.03 bits per heavy atom. The van der Waals surface area contributed by atoms with Crippen LogP contribution in [0.4, 0.5) is 4.39 Å². The van der Waals surface area contributed by atoms with E-state index in [0.29, 0.717) is 22.8 Å². The maximum absolute atomic E-state index is 13.9. The standard InChI is InChI=1S/C24H23FN4O2/c1-3-20-19-9-10-24(19,31-21-8-6-16(25)14-28-21)29(20)23(30)18-13-15(2)5-7-17(18)22-26-11-4-12-27-22/h4-8,11-14,19-20H,3,9-10H2,1-2H3/t19-,20?,24?/m0/s1. The fourth-order valence-electron chi connectivity index (χ4n) is 4.90. The van der Waals surface area contributed by atoms with E-state index < -0.39 is 11.5 Å². The average Bonchev–Trinajstić information content (AvgIpc) is 2.78. The van der Waals surface area contributed by atoms with Gasteiger partial charge in [0.1, 0.15) is 5.82 Å². The molecule has 1 saturated heterocycles. The number of aromatic nitrogens is 3. The van der Waals surface area contributed by atoms with Crippen molar-refractivity contribution in [2.24, 2.45) is 5.92 Å². The van der Waals surface area contributed by atoms with Gasteiger partial charge in [0.2, 0.25) is 5.88 Å². The van der Waals surface area contributed by atoms with Gasteiger partial charge in [-0.2, -0.15) is 0 Å². The lowest BCUT2D eigenvalue weighted by Crippen LogP contribution is -2.81. The van der Waals surface area contributed by atoms with Crippen molar-refractivity contribution in [2.45, 2.75) is 44.9 Å². The number of nitrogens with zero attached hydrogens (tertiary/aromatic N) is 4. The first-order chi connectivity index (χ1) is 15.0. The molecule has 1 aromatic carbocycles. The molecule has 0 bridgehead atoms. The monoisotopic (exact) mass is 418 g/mol. The second kappa shape index (κ2) is 7.41. The van der Waals surface area contributed by atoms with Crippen LogP contribution in [0.25, 0.3) is 11.4 Å². The molecular weight excluding hydrogens is 395 g/mol. The van der Waals surface area contributed by atoms with Crippen molar-refractivity contribution in [3.63, 3.8) is 0 Å². The lowest BCUT2D eigenvalue weighted by Gasteiger charge is -2.68. The molecule has 2 fully saturated rings. The fraction of sp³-hybridized carbons (Fsp3) is 0.333. The summed E-state index contributed by atoms with van der Waals surface area (Å²) in [4.78, 5) is 28.5. The van der Waals surface area contributed by atoms with E-state index in [0.717, 1.165) is 31.0 Å². The number of pyridine rings is 1. The zero-order valence-corrected chi connectivity index (χ0v) is 17.5. The van der Waals surface area contributed by atoms with E-state index in [1.54, 1.807) is 18.5 Å². The number of aryl methyl sites for hydroxylation is 1. The highest BCUT2D eigenvalue weighted by molar-refractivity contribution is 6.01. The van der Waals surface area contributed by atoms with Gasteiger partial charge in [-0.05, 0) is 38.0 Å². The third-order valence-electron chi connectivity index (χ3n) is 6.43. The first-order valence-electron chi connectivity index (χ1n) is 10.6. The third kappa shape index (κ3) is 3.07. The number of hydrogen-bond acceptors (Lipinski definition) is 5. The van der Waals surface area contributed by atoms with Gasteiger partial charge in [0.05, 0.1) is 11.8 Å². The molecule has 3 atom stereocenters. The minimum absolute atomic E-state index is 0.0896. The largest absolute Gasteiger partial charge is 0.450 e. The van der Waals surface area contributed by atoms with Gasteiger partial charge in [-0.3, -0.25) is 9.69 Å². The predicted octanol–water partition coefficient (Wildman–Crippen LogP) is 4.41. The third-order valence-corrected chi connectivity index (χ3v) is 6.43. The highest BCUT2D eigenvalue weighted by atomic mass is 19.1. The molecule has 0 N–H and O–H groups in total. The summed E-state index contributed by atoms with van der Waals surface area (Å²) in [7, 11) is 0. The Kier molecular flexibility index (Phi) is 4.68. The van der Waals surface area contributed by atoms with Crippen LogP contribution in [-0.2, 0) is 0 Å². The lowest BCUT2D eigenvalue weighted by atomic mass is 9.60. The molecule has 6 nitrogen and oxygen atoms in total. The van der Waals surface area contributed by atoms with E-state index in [2.05, 4.69) is 21.9 Å². The van der Waals surface area contributed by atoms with Gasteiger partial charge in [-0.25, -0.2) is 19.3 Å². The number of fused-ring (bicyclic) bond motifs is 1. The van der Waals surface area contributed by atoms with E-state index >= 15 is 0 Å². The van der Waals surface area contributed by atoms with Crippen LogP contribution in [0.3, 0.4) is 0 Å². The number of benzene rings is 1. The summed E-state index contributed by atoms with van der Waals surface area (Å²) < 4.78 is 19.5. The summed E-state index contributed by atoms with van der Waals surface area (Å²) in [5, 5.41) is 0. The van der Waals surface area contributed by atoms with Crippen LogP contribution in [-0.4, -0.2) is 37.5 Å². The summed E-state index contributed by atoms with van der Waals surface area (Å²) >= 11 is 0. The number of likely N-dealkylation sites (tertiary alicyclic amines) is 1. The topological polar surface area (TPSA) is 68.2 Å². The Labute approximate surface area is 180 Å². The van der Waals surface area contributed by atoms with Gasteiger partial charge >= 0.3 is 0 Å². The zero-order chi connectivity index (χ0) is 21.6. The van der Waals surface area contributed by atoms with E-state index in [4.69, 9.17) is 4.74 Å². The Hall–Kier alpha value is -3.35. The summed E-state index contributed by atoms with van der Waals surface area (Å²) in [6, 6.07) is 10.4. The minimum Gasteiger partial charge on any atom is -0.450 e. The number of amides is 1. The van der Waals surface area contributed by atoms with Crippen LogP contribution >= 0.6 is 0 Å². The van der Waals surface area contributed by atoms with Gasteiger partial charge in [-0.15, -0.1) is 0 Å². The molecule has 2 aromatic heterocycles. The first kappa shape index (κ1) is 19.6. The van der Waals surface area contributed by atoms with Crippen molar-refractivity contribution in [3.05, 3.63) is 71.9 Å². The lowest BCUT2D eigenvalue weighted by molar-refractivity contribution is -0.280. The number of rotatable bonds is 5. The van der Waals surface area contributed by atoms with Crippen LogP contribution in [0.2, 0.25) is 0 Å². The van der Waals surface area contributed by atoms with Gasteiger partial charge in [0.25, 0.3) is 5.91 Å². The maximum Gasteiger partial charge on any atom is 0.257 e. The Balaban J connectivity index is 1.53. The number of halogens is 1. The van der Waals surface area contributed by atoms with Crippen LogP contribution in [0.15, 0.2) is 55.0 Å². The Morgan fingerprint density at radius 3 is 2.68 bits per heavy atom. The molecule has 1 saturated carbocycles. The molecule has 31 heavy (non-hydrogen) atoms. The Bertz CT molecular complexity index is 1120. The smallest absolute Gasteiger partial charge is 0.257 e. The second-order valence-corrected chi connectivity index (χ2v) is 8.18. The molecule has 7 heteroatoms. The molecule has 1 aliphatic carbocycles. The number of carbonyl (C=O) groups is 1. The average molecular weight is 418 g/mol. The maximum atomic E-state index is 13.9. The van der Waals surface area contributed by atoms with Gasteiger partial charge < -0.3 is 4.74 Å². The highest BCUT2D eigenvalue weighted by Gasteiger charge is 2.69. The molecule has 2 unspecified atom stereocenters. The Morgan fingerprint density at radius 1 is 1.23 bits per heavy atom. The number of hydrogen-bond donors (Lipinski definition) is 0. The summed E-state index contributed by atoms with van der Waals surface area (Å²) in [5.41, 5.74) is 1.51. The van der Waals surface area contributed by atoms with Crippen molar-refractivity contribution in [1.29, 1.82) is 0 Å². The molecule has 0 spiro atoms. The van der Waals surface area contributed by atoms with Gasteiger partial charge in [0, 0.05) is 42.4 Å². The fourth-order valence-corrected chi connectivity index (χ4v) is 4.90. The highest BCUT2D eigenvalue weighted by Crippen LogP contribution is 2.58. The van der Waals surface area contributed by atoms with Crippen LogP contribution in [0.5, 0.6) is 5.88 Å². The normalized spacial score (nSPS) is 24.0. The van der Waals surface area contributed by atoms with E-state index in [-0.39, 0.29) is 17.9 Å². The number of ether oxygens (including phenoxy) is 1. The SMILES string of the molecule is CCC1[C@@H]2CCC2(Oc2ccc(F)cn2)N1C(=O)c1cc(C)ccc1-c1ncccn1. The molecular formula is C24H23FN4O2. The minimum atomic E-state index is -0.735. The van der Waals surface area contributed by atoms with Crippen LogP contribution in [0.1, 0.15) is 42.1 Å². The summed E-state index contributed by atoms with van der Waals surface area (Å²) in [6.07, 6.45) is 7.02. The van der Waals surface area contributed by atoms with Crippen molar-refractivity contribution in [2.75, 3.05) is 0 Å². The number of piperidine rings is 1. The molecule has 158 valence electrons. The molecule has 2 aliphatic rings. The quantitative estimate of drug-likeness (QED) is 0.614. The van der Waals surface area contributed by atoms with E-state index in [9.17, 15) is 9.18 Å². The van der Waals surface area contributed by atoms with Crippen molar-refractivity contribution < 1.29 is 13.9 Å².